The predicted molar refractivity (Wildman–Crippen MR) is 136 cm³/mol. The molecule has 0 amide bonds. The Morgan fingerprint density at radius 3 is 2.31 bits per heavy atom. The van der Waals surface area contributed by atoms with Gasteiger partial charge in [0.15, 0.2) is 5.96 Å². The maximum absolute atomic E-state index is 4.91. The van der Waals surface area contributed by atoms with Crippen LogP contribution >= 0.6 is 24.0 Å². The third kappa shape index (κ3) is 8.80. The van der Waals surface area contributed by atoms with E-state index in [0.717, 1.165) is 19.0 Å². The zero-order chi connectivity index (χ0) is 20.5. The average Bonchev–Trinajstić information content (AvgIpc) is 2.67. The first-order valence-electron chi connectivity index (χ1n) is 11.0. The zero-order valence-corrected chi connectivity index (χ0v) is 21.6. The molecule has 5 nitrogen and oxygen atoms in total. The van der Waals surface area contributed by atoms with Crippen molar-refractivity contribution >= 4 is 29.9 Å². The first-order valence-corrected chi connectivity index (χ1v) is 11.0. The molecule has 0 atom stereocenters. The standard InChI is InChI=1S/C23H41N5.HI/c1-7-24-23(26-22-12-14-28(15-13-22)19(4)5)25-16-20-10-8-9-11-21(20)17-27(6)18(2)3;/h8-11,18-19,22H,7,12-17H2,1-6H3,(H2,24,25,26);1H. The van der Waals surface area contributed by atoms with Crippen LogP contribution in [0.15, 0.2) is 29.3 Å². The summed E-state index contributed by atoms with van der Waals surface area (Å²) in [5.74, 6) is 0.942. The number of nitrogens with zero attached hydrogens (tertiary/aromatic N) is 3. The van der Waals surface area contributed by atoms with Gasteiger partial charge in [-0.1, -0.05) is 24.3 Å². The normalized spacial score (nSPS) is 16.4. The fourth-order valence-electron chi connectivity index (χ4n) is 3.56. The number of benzene rings is 1. The average molecular weight is 516 g/mol. The SMILES string of the molecule is CCNC(=NCc1ccccc1CN(C)C(C)C)NC1CCN(C(C)C)CC1.I. The number of guanidine groups is 1. The van der Waals surface area contributed by atoms with Crippen molar-refractivity contribution < 1.29 is 0 Å². The summed E-state index contributed by atoms with van der Waals surface area (Å²) in [6.07, 6.45) is 2.36. The minimum atomic E-state index is 0. The van der Waals surface area contributed by atoms with Gasteiger partial charge in [-0.25, -0.2) is 4.99 Å². The van der Waals surface area contributed by atoms with E-state index in [1.807, 2.05) is 0 Å². The van der Waals surface area contributed by atoms with Crippen molar-refractivity contribution in [2.45, 2.75) is 78.7 Å². The number of rotatable bonds is 8. The molecule has 0 aliphatic carbocycles. The number of hydrogen-bond acceptors (Lipinski definition) is 3. The molecule has 1 aliphatic heterocycles. The van der Waals surface area contributed by atoms with Crippen LogP contribution in [-0.4, -0.2) is 60.6 Å². The van der Waals surface area contributed by atoms with Gasteiger partial charge in [-0.15, -0.1) is 24.0 Å². The Balaban J connectivity index is 0.00000420. The number of likely N-dealkylation sites (tertiary alicyclic amines) is 1. The second-order valence-electron chi connectivity index (χ2n) is 8.52. The van der Waals surface area contributed by atoms with E-state index in [-0.39, 0.29) is 24.0 Å². The van der Waals surface area contributed by atoms with Crippen LogP contribution in [0.3, 0.4) is 0 Å². The summed E-state index contributed by atoms with van der Waals surface area (Å²) in [5, 5.41) is 7.09. The van der Waals surface area contributed by atoms with Crippen LogP contribution < -0.4 is 10.6 Å². The number of halogens is 1. The number of aliphatic imine (C=N–C) groups is 1. The van der Waals surface area contributed by atoms with Gasteiger partial charge in [0.1, 0.15) is 0 Å². The van der Waals surface area contributed by atoms with Gasteiger partial charge >= 0.3 is 0 Å². The van der Waals surface area contributed by atoms with Crippen LogP contribution in [0, 0.1) is 0 Å². The van der Waals surface area contributed by atoms with Crippen molar-refractivity contribution in [1.29, 1.82) is 0 Å². The summed E-state index contributed by atoms with van der Waals surface area (Å²) in [5.41, 5.74) is 2.67. The topological polar surface area (TPSA) is 42.9 Å². The molecule has 0 bridgehead atoms. The van der Waals surface area contributed by atoms with E-state index in [2.05, 4.69) is 86.4 Å². The molecule has 1 heterocycles. The largest absolute Gasteiger partial charge is 0.357 e. The Kier molecular flexibility index (Phi) is 12.1. The molecule has 1 saturated heterocycles. The maximum Gasteiger partial charge on any atom is 0.191 e. The van der Waals surface area contributed by atoms with Gasteiger partial charge in [0.2, 0.25) is 0 Å². The molecule has 2 N–H and O–H groups in total. The highest BCUT2D eigenvalue weighted by molar-refractivity contribution is 14.0. The lowest BCUT2D eigenvalue weighted by atomic mass is 10.0. The third-order valence-electron chi connectivity index (χ3n) is 5.77. The Hall–Kier alpha value is -0.860. The van der Waals surface area contributed by atoms with Gasteiger partial charge in [-0.05, 0) is 65.6 Å². The molecule has 0 aromatic heterocycles. The second kappa shape index (κ2) is 13.4. The van der Waals surface area contributed by atoms with Crippen molar-refractivity contribution in [3.05, 3.63) is 35.4 Å². The van der Waals surface area contributed by atoms with Crippen molar-refractivity contribution in [1.82, 2.24) is 20.4 Å². The van der Waals surface area contributed by atoms with E-state index >= 15 is 0 Å². The minimum absolute atomic E-state index is 0. The number of hydrogen-bond donors (Lipinski definition) is 2. The van der Waals surface area contributed by atoms with E-state index in [0.29, 0.717) is 24.7 Å². The van der Waals surface area contributed by atoms with Crippen LogP contribution in [-0.2, 0) is 13.1 Å². The second-order valence-corrected chi connectivity index (χ2v) is 8.52. The Morgan fingerprint density at radius 1 is 1.14 bits per heavy atom. The summed E-state index contributed by atoms with van der Waals surface area (Å²) >= 11 is 0. The van der Waals surface area contributed by atoms with Gasteiger partial charge in [0, 0.05) is 44.3 Å². The van der Waals surface area contributed by atoms with Crippen molar-refractivity contribution in [2.24, 2.45) is 4.99 Å². The predicted octanol–water partition coefficient (Wildman–Crippen LogP) is 4.07. The molecule has 2 rings (SSSR count). The number of nitrogens with one attached hydrogen (secondary N) is 2. The Bertz CT molecular complexity index is 609. The van der Waals surface area contributed by atoms with Crippen molar-refractivity contribution in [2.75, 3.05) is 26.7 Å². The summed E-state index contributed by atoms with van der Waals surface area (Å²) in [6.45, 7) is 16.1. The Labute approximate surface area is 195 Å². The van der Waals surface area contributed by atoms with Gasteiger partial charge in [0.05, 0.1) is 6.54 Å². The van der Waals surface area contributed by atoms with E-state index in [1.54, 1.807) is 0 Å². The first-order chi connectivity index (χ1) is 13.4. The molecule has 166 valence electrons. The lowest BCUT2D eigenvalue weighted by Gasteiger charge is -2.35. The van der Waals surface area contributed by atoms with Crippen LogP contribution in [0.4, 0.5) is 0 Å². The molecule has 1 aromatic rings. The van der Waals surface area contributed by atoms with E-state index < -0.39 is 0 Å². The fourth-order valence-corrected chi connectivity index (χ4v) is 3.56. The van der Waals surface area contributed by atoms with Crippen LogP contribution in [0.1, 0.15) is 58.6 Å². The summed E-state index contributed by atoms with van der Waals surface area (Å²) < 4.78 is 0. The van der Waals surface area contributed by atoms with E-state index in [1.165, 1.54) is 37.1 Å². The monoisotopic (exact) mass is 515 g/mol. The molecule has 29 heavy (non-hydrogen) atoms. The Morgan fingerprint density at radius 2 is 1.76 bits per heavy atom. The summed E-state index contributed by atoms with van der Waals surface area (Å²) in [4.78, 5) is 9.84. The smallest absolute Gasteiger partial charge is 0.191 e. The molecule has 1 fully saturated rings. The van der Waals surface area contributed by atoms with Crippen molar-refractivity contribution in [3.8, 4) is 0 Å². The van der Waals surface area contributed by atoms with E-state index in [4.69, 9.17) is 4.99 Å². The van der Waals surface area contributed by atoms with Gasteiger partial charge in [0.25, 0.3) is 0 Å². The summed E-state index contributed by atoms with van der Waals surface area (Å²) in [7, 11) is 2.18. The lowest BCUT2D eigenvalue weighted by molar-refractivity contribution is 0.167. The highest BCUT2D eigenvalue weighted by atomic mass is 127. The van der Waals surface area contributed by atoms with Crippen LogP contribution in [0.5, 0.6) is 0 Å². The molecule has 1 aliphatic rings. The molecular formula is C23H42IN5. The molecule has 0 spiro atoms. The van der Waals surface area contributed by atoms with Gasteiger partial charge in [-0.2, -0.15) is 0 Å². The molecule has 0 saturated carbocycles. The van der Waals surface area contributed by atoms with Gasteiger partial charge < -0.3 is 15.5 Å². The van der Waals surface area contributed by atoms with Gasteiger partial charge in [-0.3, -0.25) is 4.90 Å². The fraction of sp³-hybridized carbons (Fsp3) is 0.696. The lowest BCUT2D eigenvalue weighted by Crippen LogP contribution is -2.49. The molecule has 6 heteroatoms. The third-order valence-corrected chi connectivity index (χ3v) is 5.77. The van der Waals surface area contributed by atoms with Crippen molar-refractivity contribution in [3.63, 3.8) is 0 Å². The zero-order valence-electron chi connectivity index (χ0n) is 19.2. The highest BCUT2D eigenvalue weighted by Crippen LogP contribution is 2.15. The molecule has 0 unspecified atom stereocenters. The molecule has 1 aromatic carbocycles. The molecular weight excluding hydrogens is 473 g/mol. The maximum atomic E-state index is 4.91. The highest BCUT2D eigenvalue weighted by Gasteiger charge is 2.21. The quantitative estimate of drug-likeness (QED) is 0.311. The molecule has 0 radical (unpaired) electrons. The summed E-state index contributed by atoms with van der Waals surface area (Å²) in [6, 6.07) is 10.4. The van der Waals surface area contributed by atoms with Crippen LogP contribution in [0.25, 0.3) is 0 Å². The number of piperidine rings is 1. The minimum Gasteiger partial charge on any atom is -0.357 e. The van der Waals surface area contributed by atoms with Crippen LogP contribution in [0.2, 0.25) is 0 Å². The first kappa shape index (κ1) is 26.2. The van der Waals surface area contributed by atoms with E-state index in [9.17, 15) is 0 Å².